The van der Waals surface area contributed by atoms with Crippen LogP contribution in [0.2, 0.25) is 0 Å². The van der Waals surface area contributed by atoms with Gasteiger partial charge in [0, 0.05) is 5.69 Å². The molecule has 23 heavy (non-hydrogen) atoms. The van der Waals surface area contributed by atoms with Crippen LogP contribution < -0.4 is 5.32 Å². The molecule has 0 atom stereocenters. The Labute approximate surface area is 132 Å². The van der Waals surface area contributed by atoms with Gasteiger partial charge in [0.2, 0.25) is 0 Å². The van der Waals surface area contributed by atoms with Crippen molar-refractivity contribution in [1.82, 2.24) is 0 Å². The van der Waals surface area contributed by atoms with Crippen molar-refractivity contribution in [2.75, 3.05) is 5.32 Å². The zero-order valence-electron chi connectivity index (χ0n) is 12.1. The second-order valence-corrected chi connectivity index (χ2v) is 4.98. The highest BCUT2D eigenvalue weighted by molar-refractivity contribution is 5.87. The topological polar surface area (TPSA) is 62.5 Å². The van der Waals surface area contributed by atoms with Gasteiger partial charge in [-0.15, -0.1) is 0 Å². The lowest BCUT2D eigenvalue weighted by Gasteiger charge is -2.05. The monoisotopic (exact) mass is 311 g/mol. The molecule has 0 fully saturated rings. The standard InChI is InChI=1S/C18H14FNO3/c19-16-4-2-1-3-15(16)17-10-9-14(23-17)11-20-13-7-5-12(6-8-13)18(21)22/h1-10,20H,11H2,(H,21,22). The van der Waals surface area contributed by atoms with Crippen LogP contribution in [0.1, 0.15) is 16.1 Å². The molecule has 2 N–H and O–H groups in total. The Hall–Kier alpha value is -3.08. The van der Waals surface area contributed by atoms with Crippen molar-refractivity contribution < 1.29 is 18.7 Å². The third-order valence-corrected chi connectivity index (χ3v) is 3.40. The number of hydrogen-bond acceptors (Lipinski definition) is 3. The van der Waals surface area contributed by atoms with E-state index in [4.69, 9.17) is 9.52 Å². The summed E-state index contributed by atoms with van der Waals surface area (Å²) < 4.78 is 19.4. The molecule has 3 rings (SSSR count). The van der Waals surface area contributed by atoms with Gasteiger partial charge in [-0.2, -0.15) is 0 Å². The lowest BCUT2D eigenvalue weighted by atomic mass is 10.1. The average molecular weight is 311 g/mol. The second kappa shape index (κ2) is 6.36. The van der Waals surface area contributed by atoms with E-state index < -0.39 is 5.97 Å². The Morgan fingerprint density at radius 2 is 1.78 bits per heavy atom. The van der Waals surface area contributed by atoms with Crippen LogP contribution in [0.5, 0.6) is 0 Å². The Kier molecular flexibility index (Phi) is 4.10. The number of hydrogen-bond donors (Lipinski definition) is 2. The molecule has 2 aromatic carbocycles. The SMILES string of the molecule is O=C(O)c1ccc(NCc2ccc(-c3ccccc3F)o2)cc1. The molecule has 0 saturated carbocycles. The summed E-state index contributed by atoms with van der Waals surface area (Å²) in [6.07, 6.45) is 0. The van der Waals surface area contributed by atoms with Crippen LogP contribution in [-0.4, -0.2) is 11.1 Å². The van der Waals surface area contributed by atoms with Gasteiger partial charge in [0.15, 0.2) is 0 Å². The highest BCUT2D eigenvalue weighted by Gasteiger charge is 2.09. The van der Waals surface area contributed by atoms with Crippen LogP contribution in [0, 0.1) is 5.82 Å². The van der Waals surface area contributed by atoms with Gasteiger partial charge in [-0.05, 0) is 48.5 Å². The summed E-state index contributed by atoms with van der Waals surface area (Å²) in [5, 5.41) is 12.0. The van der Waals surface area contributed by atoms with Crippen LogP contribution in [0.3, 0.4) is 0 Å². The van der Waals surface area contributed by atoms with Crippen LogP contribution >= 0.6 is 0 Å². The number of rotatable bonds is 5. The Balaban J connectivity index is 1.68. The summed E-state index contributed by atoms with van der Waals surface area (Å²) in [6, 6.07) is 16.4. The predicted octanol–water partition coefficient (Wildman–Crippen LogP) is 4.40. The normalized spacial score (nSPS) is 10.5. The molecule has 5 heteroatoms. The molecule has 3 aromatic rings. The first-order valence-corrected chi connectivity index (χ1v) is 7.04. The fraction of sp³-hybridized carbons (Fsp3) is 0.0556. The summed E-state index contributed by atoms with van der Waals surface area (Å²) in [5.41, 5.74) is 1.43. The second-order valence-electron chi connectivity index (χ2n) is 4.98. The molecule has 0 aliphatic heterocycles. The van der Waals surface area contributed by atoms with Gasteiger partial charge in [-0.3, -0.25) is 0 Å². The first-order valence-electron chi connectivity index (χ1n) is 7.04. The third-order valence-electron chi connectivity index (χ3n) is 3.40. The highest BCUT2D eigenvalue weighted by Crippen LogP contribution is 2.25. The van der Waals surface area contributed by atoms with Crippen molar-refractivity contribution in [2.45, 2.75) is 6.54 Å². The van der Waals surface area contributed by atoms with E-state index in [1.165, 1.54) is 18.2 Å². The molecular formula is C18H14FNO3. The van der Waals surface area contributed by atoms with E-state index in [9.17, 15) is 9.18 Å². The van der Waals surface area contributed by atoms with Gasteiger partial charge in [0.1, 0.15) is 17.3 Å². The molecule has 0 aliphatic rings. The molecular weight excluding hydrogens is 297 g/mol. The van der Waals surface area contributed by atoms with Crippen molar-refractivity contribution in [3.63, 3.8) is 0 Å². The maximum Gasteiger partial charge on any atom is 0.335 e. The average Bonchev–Trinajstić information content (AvgIpc) is 3.02. The Bertz CT molecular complexity index is 824. The molecule has 116 valence electrons. The fourth-order valence-corrected chi connectivity index (χ4v) is 2.20. The largest absolute Gasteiger partial charge is 0.478 e. The Morgan fingerprint density at radius 1 is 1.04 bits per heavy atom. The van der Waals surface area contributed by atoms with Crippen LogP contribution in [0.4, 0.5) is 10.1 Å². The molecule has 0 amide bonds. The summed E-state index contributed by atoms with van der Waals surface area (Å²) in [5.74, 6) is -0.158. The summed E-state index contributed by atoms with van der Waals surface area (Å²) in [7, 11) is 0. The van der Waals surface area contributed by atoms with E-state index in [0.717, 1.165) is 5.69 Å². The maximum absolute atomic E-state index is 13.7. The van der Waals surface area contributed by atoms with E-state index in [2.05, 4.69) is 5.32 Å². The predicted molar refractivity (Wildman–Crippen MR) is 84.8 cm³/mol. The zero-order valence-corrected chi connectivity index (χ0v) is 12.1. The quantitative estimate of drug-likeness (QED) is 0.733. The van der Waals surface area contributed by atoms with Crippen molar-refractivity contribution >= 4 is 11.7 Å². The number of anilines is 1. The molecule has 0 aliphatic carbocycles. The van der Waals surface area contributed by atoms with Crippen LogP contribution in [0.25, 0.3) is 11.3 Å². The third kappa shape index (κ3) is 3.40. The molecule has 4 nitrogen and oxygen atoms in total. The minimum Gasteiger partial charge on any atom is -0.478 e. The number of halogens is 1. The summed E-state index contributed by atoms with van der Waals surface area (Å²) in [6.45, 7) is 0.418. The van der Waals surface area contributed by atoms with E-state index in [0.29, 0.717) is 23.6 Å². The first kappa shape index (κ1) is 14.8. The maximum atomic E-state index is 13.7. The van der Waals surface area contributed by atoms with Gasteiger partial charge in [0.05, 0.1) is 17.7 Å². The minimum atomic E-state index is -0.961. The van der Waals surface area contributed by atoms with Crippen molar-refractivity contribution in [3.8, 4) is 11.3 Å². The molecule has 0 radical (unpaired) electrons. The number of carboxylic acids is 1. The van der Waals surface area contributed by atoms with Gasteiger partial charge >= 0.3 is 5.97 Å². The summed E-state index contributed by atoms with van der Waals surface area (Å²) in [4.78, 5) is 10.8. The lowest BCUT2D eigenvalue weighted by molar-refractivity contribution is 0.0697. The van der Waals surface area contributed by atoms with Crippen molar-refractivity contribution in [2.24, 2.45) is 0 Å². The Morgan fingerprint density at radius 3 is 2.48 bits per heavy atom. The molecule has 1 heterocycles. The smallest absolute Gasteiger partial charge is 0.335 e. The van der Waals surface area contributed by atoms with E-state index in [-0.39, 0.29) is 11.4 Å². The van der Waals surface area contributed by atoms with Gasteiger partial charge in [-0.1, -0.05) is 12.1 Å². The zero-order chi connectivity index (χ0) is 16.2. The fourth-order valence-electron chi connectivity index (χ4n) is 2.20. The highest BCUT2D eigenvalue weighted by atomic mass is 19.1. The molecule has 0 bridgehead atoms. The number of benzene rings is 2. The number of carboxylic acid groups (broad SMARTS) is 1. The number of carbonyl (C=O) groups is 1. The van der Waals surface area contributed by atoms with Crippen molar-refractivity contribution in [3.05, 3.63) is 77.8 Å². The minimum absolute atomic E-state index is 0.232. The van der Waals surface area contributed by atoms with Crippen LogP contribution in [-0.2, 0) is 6.54 Å². The van der Waals surface area contributed by atoms with Crippen molar-refractivity contribution in [1.29, 1.82) is 0 Å². The molecule has 0 unspecified atom stereocenters. The van der Waals surface area contributed by atoms with Crippen LogP contribution in [0.15, 0.2) is 65.1 Å². The lowest BCUT2D eigenvalue weighted by Crippen LogP contribution is -2.00. The van der Waals surface area contributed by atoms with E-state index in [1.807, 2.05) is 0 Å². The number of furan rings is 1. The van der Waals surface area contributed by atoms with E-state index >= 15 is 0 Å². The molecule has 0 spiro atoms. The summed E-state index contributed by atoms with van der Waals surface area (Å²) >= 11 is 0. The van der Waals surface area contributed by atoms with E-state index in [1.54, 1.807) is 42.5 Å². The first-order chi connectivity index (χ1) is 11.1. The van der Waals surface area contributed by atoms with Gasteiger partial charge < -0.3 is 14.8 Å². The van der Waals surface area contributed by atoms with Gasteiger partial charge in [0.25, 0.3) is 0 Å². The van der Waals surface area contributed by atoms with Gasteiger partial charge in [-0.25, -0.2) is 9.18 Å². The number of aromatic carboxylic acids is 1. The molecule has 1 aromatic heterocycles. The number of nitrogens with one attached hydrogen (secondary N) is 1. The molecule has 0 saturated heterocycles.